The van der Waals surface area contributed by atoms with Crippen LogP contribution in [0.4, 0.5) is 5.82 Å². The highest BCUT2D eigenvalue weighted by molar-refractivity contribution is 5.53. The maximum absolute atomic E-state index is 4.41. The van der Waals surface area contributed by atoms with Crippen LogP contribution in [0, 0.1) is 12.8 Å². The Morgan fingerprint density at radius 3 is 3.00 bits per heavy atom. The third-order valence-corrected chi connectivity index (χ3v) is 4.02. The average molecular weight is 287 g/mol. The zero-order valence-electron chi connectivity index (χ0n) is 13.2. The second kappa shape index (κ2) is 6.02. The highest BCUT2D eigenvalue weighted by Gasteiger charge is 2.21. The quantitative estimate of drug-likeness (QED) is 0.916. The Labute approximate surface area is 126 Å². The Kier molecular flexibility index (Phi) is 4.10. The summed E-state index contributed by atoms with van der Waals surface area (Å²) < 4.78 is 1.96. The molecule has 0 bridgehead atoms. The first-order chi connectivity index (χ1) is 10.1. The van der Waals surface area contributed by atoms with Gasteiger partial charge in [-0.25, -0.2) is 4.98 Å². The fourth-order valence-electron chi connectivity index (χ4n) is 3.14. The van der Waals surface area contributed by atoms with E-state index in [1.807, 2.05) is 4.52 Å². The molecule has 2 aromatic rings. The van der Waals surface area contributed by atoms with Crippen LogP contribution >= 0.6 is 0 Å². The summed E-state index contributed by atoms with van der Waals surface area (Å²) in [5.74, 6) is 1.77. The molecule has 1 aliphatic heterocycles. The molecule has 0 spiro atoms. The second-order valence-corrected chi connectivity index (χ2v) is 6.51. The Bertz CT molecular complexity index is 598. The van der Waals surface area contributed by atoms with Crippen LogP contribution in [0.2, 0.25) is 0 Å². The lowest BCUT2D eigenvalue weighted by Crippen LogP contribution is -2.40. The monoisotopic (exact) mass is 287 g/mol. The number of aromatic nitrogens is 3. The molecule has 0 radical (unpaired) electrons. The van der Waals surface area contributed by atoms with E-state index in [0.717, 1.165) is 31.1 Å². The molecule has 1 fully saturated rings. The molecule has 21 heavy (non-hydrogen) atoms. The van der Waals surface area contributed by atoms with Gasteiger partial charge in [0.25, 0.3) is 0 Å². The van der Waals surface area contributed by atoms with Crippen molar-refractivity contribution in [3.05, 3.63) is 24.0 Å². The van der Waals surface area contributed by atoms with Gasteiger partial charge in [0.1, 0.15) is 12.1 Å². The Hall–Kier alpha value is -1.62. The van der Waals surface area contributed by atoms with E-state index in [0.29, 0.717) is 12.0 Å². The number of pyridine rings is 1. The lowest BCUT2D eigenvalue weighted by atomic mass is 10.1. The average Bonchev–Trinajstić information content (AvgIpc) is 3.07. The third kappa shape index (κ3) is 3.18. The van der Waals surface area contributed by atoms with E-state index >= 15 is 0 Å². The van der Waals surface area contributed by atoms with Gasteiger partial charge < -0.3 is 10.2 Å². The van der Waals surface area contributed by atoms with E-state index in [-0.39, 0.29) is 0 Å². The van der Waals surface area contributed by atoms with Gasteiger partial charge >= 0.3 is 0 Å². The van der Waals surface area contributed by atoms with Crippen molar-refractivity contribution in [3.8, 4) is 0 Å². The molecule has 0 amide bonds. The highest BCUT2D eigenvalue weighted by atomic mass is 15.4. The van der Waals surface area contributed by atoms with Crippen LogP contribution in [0.3, 0.4) is 0 Å². The predicted molar refractivity (Wildman–Crippen MR) is 85.8 cm³/mol. The molecule has 1 aliphatic rings. The molecule has 3 heterocycles. The van der Waals surface area contributed by atoms with Crippen LogP contribution in [-0.4, -0.2) is 40.3 Å². The molecule has 5 heteroatoms. The molecule has 3 rings (SSSR count). The minimum absolute atomic E-state index is 0.586. The molecule has 0 saturated carbocycles. The molecule has 1 unspecified atom stereocenters. The standard InChI is InChI=1S/C16H25N5/c1-12(2)9-20(10-14-5-4-6-17-14)16-8-13(3)7-15-18-11-19-21(15)16/h7-8,11-12,14,17H,4-6,9-10H2,1-3H3. The van der Waals surface area contributed by atoms with Crippen molar-refractivity contribution >= 4 is 11.5 Å². The molecule has 1 atom stereocenters. The van der Waals surface area contributed by atoms with Crippen molar-refractivity contribution < 1.29 is 0 Å². The summed E-state index contributed by atoms with van der Waals surface area (Å²) in [5.41, 5.74) is 2.16. The van der Waals surface area contributed by atoms with Crippen LogP contribution in [0.25, 0.3) is 5.65 Å². The summed E-state index contributed by atoms with van der Waals surface area (Å²) in [6.07, 6.45) is 4.19. The smallest absolute Gasteiger partial charge is 0.157 e. The fraction of sp³-hybridized carbons (Fsp3) is 0.625. The SMILES string of the molecule is Cc1cc(N(CC(C)C)CC2CCCN2)n2ncnc2c1. The minimum atomic E-state index is 0.586. The number of aryl methyl sites for hydroxylation is 1. The number of fused-ring (bicyclic) bond motifs is 1. The first-order valence-corrected chi connectivity index (χ1v) is 7.92. The van der Waals surface area contributed by atoms with Crippen LogP contribution in [0.15, 0.2) is 18.5 Å². The molecule has 0 aliphatic carbocycles. The van der Waals surface area contributed by atoms with Crippen molar-refractivity contribution in [2.24, 2.45) is 5.92 Å². The van der Waals surface area contributed by atoms with Crippen molar-refractivity contribution in [2.75, 3.05) is 24.5 Å². The van der Waals surface area contributed by atoms with Crippen molar-refractivity contribution in [2.45, 2.75) is 39.7 Å². The summed E-state index contributed by atoms with van der Waals surface area (Å²) >= 11 is 0. The van der Waals surface area contributed by atoms with E-state index in [4.69, 9.17) is 0 Å². The van der Waals surface area contributed by atoms with Gasteiger partial charge in [0.05, 0.1) is 0 Å². The number of rotatable bonds is 5. The van der Waals surface area contributed by atoms with Crippen LogP contribution in [0.5, 0.6) is 0 Å². The third-order valence-electron chi connectivity index (χ3n) is 4.02. The van der Waals surface area contributed by atoms with Gasteiger partial charge in [0, 0.05) is 19.1 Å². The maximum atomic E-state index is 4.41. The summed E-state index contributed by atoms with van der Waals surface area (Å²) in [7, 11) is 0. The molecular weight excluding hydrogens is 262 g/mol. The number of hydrogen-bond acceptors (Lipinski definition) is 4. The molecule has 114 valence electrons. The highest BCUT2D eigenvalue weighted by Crippen LogP contribution is 2.21. The van der Waals surface area contributed by atoms with Gasteiger partial charge in [0.15, 0.2) is 5.65 Å². The Morgan fingerprint density at radius 2 is 2.29 bits per heavy atom. The number of nitrogens with one attached hydrogen (secondary N) is 1. The van der Waals surface area contributed by atoms with Gasteiger partial charge in [-0.3, -0.25) is 0 Å². The van der Waals surface area contributed by atoms with Crippen LogP contribution in [-0.2, 0) is 0 Å². The number of hydrogen-bond donors (Lipinski definition) is 1. The van der Waals surface area contributed by atoms with E-state index in [1.54, 1.807) is 6.33 Å². The van der Waals surface area contributed by atoms with Crippen molar-refractivity contribution in [1.82, 2.24) is 19.9 Å². The van der Waals surface area contributed by atoms with Gasteiger partial charge in [-0.15, -0.1) is 0 Å². The van der Waals surface area contributed by atoms with E-state index in [2.05, 4.69) is 53.2 Å². The maximum Gasteiger partial charge on any atom is 0.157 e. The lowest BCUT2D eigenvalue weighted by Gasteiger charge is -2.29. The first-order valence-electron chi connectivity index (χ1n) is 7.92. The fourth-order valence-corrected chi connectivity index (χ4v) is 3.14. The summed E-state index contributed by atoms with van der Waals surface area (Å²) in [6, 6.07) is 4.89. The molecule has 1 N–H and O–H groups in total. The zero-order valence-corrected chi connectivity index (χ0v) is 13.2. The first kappa shape index (κ1) is 14.3. The van der Waals surface area contributed by atoms with E-state index in [1.165, 1.54) is 18.4 Å². The summed E-state index contributed by atoms with van der Waals surface area (Å²) in [5, 5.41) is 8.01. The van der Waals surface area contributed by atoms with Crippen LogP contribution < -0.4 is 10.2 Å². The van der Waals surface area contributed by atoms with E-state index in [9.17, 15) is 0 Å². The molecule has 0 aromatic carbocycles. The minimum Gasteiger partial charge on any atom is -0.355 e. The number of anilines is 1. The van der Waals surface area contributed by atoms with Gasteiger partial charge in [-0.2, -0.15) is 9.61 Å². The van der Waals surface area contributed by atoms with Crippen molar-refractivity contribution in [1.29, 1.82) is 0 Å². The molecular formula is C16H25N5. The Morgan fingerprint density at radius 1 is 1.43 bits per heavy atom. The normalized spacial score (nSPS) is 18.8. The lowest BCUT2D eigenvalue weighted by molar-refractivity contribution is 0.534. The van der Waals surface area contributed by atoms with Gasteiger partial charge in [-0.1, -0.05) is 13.8 Å². The predicted octanol–water partition coefficient (Wildman–Crippen LogP) is 2.25. The Balaban J connectivity index is 1.94. The topological polar surface area (TPSA) is 45.5 Å². The van der Waals surface area contributed by atoms with Gasteiger partial charge in [-0.05, 0) is 49.9 Å². The van der Waals surface area contributed by atoms with Crippen molar-refractivity contribution in [3.63, 3.8) is 0 Å². The second-order valence-electron chi connectivity index (χ2n) is 6.51. The molecule has 5 nitrogen and oxygen atoms in total. The molecule has 2 aromatic heterocycles. The summed E-state index contributed by atoms with van der Waals surface area (Å²) in [4.78, 5) is 6.80. The largest absolute Gasteiger partial charge is 0.355 e. The van der Waals surface area contributed by atoms with Crippen LogP contribution in [0.1, 0.15) is 32.3 Å². The zero-order chi connectivity index (χ0) is 14.8. The van der Waals surface area contributed by atoms with Gasteiger partial charge in [0.2, 0.25) is 0 Å². The molecule has 1 saturated heterocycles. The number of nitrogens with zero attached hydrogens (tertiary/aromatic N) is 4. The van der Waals surface area contributed by atoms with E-state index < -0.39 is 0 Å². The summed E-state index contributed by atoms with van der Waals surface area (Å²) in [6.45, 7) is 9.88.